The van der Waals surface area contributed by atoms with Gasteiger partial charge >= 0.3 is 6.18 Å². The zero-order valence-electron chi connectivity index (χ0n) is 12.1. The summed E-state index contributed by atoms with van der Waals surface area (Å²) in [7, 11) is 2.81. The minimum atomic E-state index is -4.37. The molecule has 0 unspecified atom stereocenters. The van der Waals surface area contributed by atoms with Crippen molar-refractivity contribution >= 4 is 5.71 Å². The number of alkyl halides is 3. The first kappa shape index (κ1) is 17.0. The number of ether oxygens (including phenoxy) is 1. The largest absolute Gasteiger partial charge is 0.500 e. The molecule has 0 aliphatic rings. The van der Waals surface area contributed by atoms with Gasteiger partial charge in [-0.1, -0.05) is 20.8 Å². The van der Waals surface area contributed by atoms with Crippen molar-refractivity contribution in [2.75, 3.05) is 14.2 Å². The van der Waals surface area contributed by atoms with Gasteiger partial charge in [-0.2, -0.15) is 13.2 Å². The van der Waals surface area contributed by atoms with Gasteiger partial charge in [0.15, 0.2) is 0 Å². The van der Waals surface area contributed by atoms with E-state index in [0.717, 1.165) is 13.8 Å². The highest BCUT2D eigenvalue weighted by molar-refractivity contribution is 5.99. The van der Waals surface area contributed by atoms with Gasteiger partial charge in [0.25, 0.3) is 0 Å². The first-order valence-corrected chi connectivity index (χ1v) is 5.68. The Labute approximate surface area is 107 Å². The molecule has 0 heterocycles. The number of hydrogen-bond acceptors (Lipinski definition) is 2. The molecule has 5 heteroatoms. The van der Waals surface area contributed by atoms with Gasteiger partial charge in [-0.05, 0) is 19.9 Å². The Kier molecular flexibility index (Phi) is 5.03. The maximum atomic E-state index is 13.0. The van der Waals surface area contributed by atoms with Crippen LogP contribution in [0.2, 0.25) is 0 Å². The third-order valence-electron chi connectivity index (χ3n) is 2.82. The van der Waals surface area contributed by atoms with E-state index in [2.05, 4.69) is 4.99 Å². The van der Waals surface area contributed by atoms with Crippen molar-refractivity contribution in [3.63, 3.8) is 0 Å². The SMILES string of the molecule is CN=C(/C=C(\OC)C(C)(C)C(F)(F)F)C(C)(C)C. The minimum absolute atomic E-state index is 0.134. The molecule has 0 bridgehead atoms. The average molecular weight is 265 g/mol. The molecule has 0 atom stereocenters. The van der Waals surface area contributed by atoms with E-state index in [0.29, 0.717) is 5.71 Å². The fourth-order valence-corrected chi connectivity index (χ4v) is 1.37. The zero-order valence-corrected chi connectivity index (χ0v) is 12.1. The topological polar surface area (TPSA) is 21.6 Å². The van der Waals surface area contributed by atoms with Gasteiger partial charge in [-0.25, -0.2) is 0 Å². The van der Waals surface area contributed by atoms with Crippen molar-refractivity contribution in [2.24, 2.45) is 15.8 Å². The summed E-state index contributed by atoms with van der Waals surface area (Å²) in [4.78, 5) is 4.04. The van der Waals surface area contributed by atoms with Gasteiger partial charge in [0.1, 0.15) is 11.2 Å². The third-order valence-corrected chi connectivity index (χ3v) is 2.82. The molecule has 0 amide bonds. The zero-order chi connectivity index (χ0) is 14.8. The van der Waals surface area contributed by atoms with Crippen LogP contribution in [-0.2, 0) is 4.74 Å². The summed E-state index contributed by atoms with van der Waals surface area (Å²) in [6, 6.07) is 0. The third kappa shape index (κ3) is 3.75. The molecule has 2 nitrogen and oxygen atoms in total. The minimum Gasteiger partial charge on any atom is -0.500 e. The van der Waals surface area contributed by atoms with Crippen molar-refractivity contribution < 1.29 is 17.9 Å². The monoisotopic (exact) mass is 265 g/mol. The molecule has 0 aromatic heterocycles. The maximum Gasteiger partial charge on any atom is 0.400 e. The summed E-state index contributed by atoms with van der Waals surface area (Å²) in [5, 5.41) is 0. The molecule has 0 rings (SSSR count). The van der Waals surface area contributed by atoms with Gasteiger partial charge in [0, 0.05) is 18.2 Å². The van der Waals surface area contributed by atoms with Crippen molar-refractivity contribution in [1.82, 2.24) is 0 Å². The maximum absolute atomic E-state index is 13.0. The smallest absolute Gasteiger partial charge is 0.400 e. The second-order valence-corrected chi connectivity index (χ2v) is 5.69. The van der Waals surface area contributed by atoms with Crippen molar-refractivity contribution in [3.05, 3.63) is 11.8 Å². The van der Waals surface area contributed by atoms with Gasteiger partial charge in [0.05, 0.1) is 7.11 Å². The highest BCUT2D eigenvalue weighted by Gasteiger charge is 2.51. The molecule has 0 radical (unpaired) electrons. The van der Waals surface area contributed by atoms with Crippen molar-refractivity contribution in [2.45, 2.75) is 40.8 Å². The molecule has 0 fully saturated rings. The van der Waals surface area contributed by atoms with E-state index < -0.39 is 11.6 Å². The lowest BCUT2D eigenvalue weighted by Gasteiger charge is -2.30. The van der Waals surface area contributed by atoms with Crippen LogP contribution in [0.4, 0.5) is 13.2 Å². The lowest BCUT2D eigenvalue weighted by Crippen LogP contribution is -2.35. The second-order valence-electron chi connectivity index (χ2n) is 5.69. The van der Waals surface area contributed by atoms with E-state index in [1.54, 1.807) is 7.05 Å². The van der Waals surface area contributed by atoms with Crippen LogP contribution in [-0.4, -0.2) is 26.0 Å². The van der Waals surface area contributed by atoms with Crippen LogP contribution in [0.15, 0.2) is 16.8 Å². The number of halogens is 3. The summed E-state index contributed by atoms with van der Waals surface area (Å²) in [6.07, 6.45) is -2.99. The molecule has 0 aliphatic carbocycles. The number of methoxy groups -OCH3 is 1. The Morgan fingerprint density at radius 1 is 1.06 bits per heavy atom. The van der Waals surface area contributed by atoms with Crippen LogP contribution >= 0.6 is 0 Å². The normalized spacial score (nSPS) is 15.9. The number of rotatable bonds is 3. The number of nitrogens with zero attached hydrogens (tertiary/aromatic N) is 1. The Bertz CT molecular complexity index is 346. The standard InChI is InChI=1S/C13H22F3NO/c1-11(2,3)9(17-6)8-10(18-7)12(4,5)13(14,15)16/h8H,1-7H3/b10-8-,17-9?. The summed E-state index contributed by atoms with van der Waals surface area (Å²) in [5.74, 6) is -0.134. The Morgan fingerprint density at radius 2 is 1.50 bits per heavy atom. The molecular formula is C13H22F3NO. The predicted octanol–water partition coefficient (Wildman–Crippen LogP) is 4.22. The van der Waals surface area contributed by atoms with E-state index >= 15 is 0 Å². The molecule has 0 aliphatic heterocycles. The molecule has 106 valence electrons. The van der Waals surface area contributed by atoms with Gasteiger partial charge < -0.3 is 4.74 Å². The molecule has 0 saturated carbocycles. The molecule has 0 aromatic carbocycles. The van der Waals surface area contributed by atoms with Crippen LogP contribution in [0.25, 0.3) is 0 Å². The van der Waals surface area contributed by atoms with Crippen LogP contribution in [0.1, 0.15) is 34.6 Å². The fourth-order valence-electron chi connectivity index (χ4n) is 1.37. The van der Waals surface area contributed by atoms with Crippen LogP contribution in [0, 0.1) is 10.8 Å². The Morgan fingerprint density at radius 3 is 1.72 bits per heavy atom. The quantitative estimate of drug-likeness (QED) is 0.553. The predicted molar refractivity (Wildman–Crippen MR) is 67.7 cm³/mol. The average Bonchev–Trinajstić information content (AvgIpc) is 2.14. The van der Waals surface area contributed by atoms with Crippen molar-refractivity contribution in [3.8, 4) is 0 Å². The van der Waals surface area contributed by atoms with E-state index in [-0.39, 0.29) is 11.2 Å². The molecule has 0 aromatic rings. The van der Waals surface area contributed by atoms with Crippen LogP contribution in [0.5, 0.6) is 0 Å². The molecule has 0 N–H and O–H groups in total. The Balaban J connectivity index is 5.61. The number of aliphatic imine (C=N–C) groups is 1. The number of allylic oxidation sites excluding steroid dienone is 2. The highest BCUT2D eigenvalue weighted by Crippen LogP contribution is 2.43. The van der Waals surface area contributed by atoms with E-state index in [9.17, 15) is 13.2 Å². The van der Waals surface area contributed by atoms with Crippen LogP contribution in [0.3, 0.4) is 0 Å². The fraction of sp³-hybridized carbons (Fsp3) is 0.769. The summed E-state index contributed by atoms with van der Waals surface area (Å²) in [6.45, 7) is 7.86. The van der Waals surface area contributed by atoms with Crippen molar-refractivity contribution in [1.29, 1.82) is 0 Å². The molecule has 0 spiro atoms. The molecular weight excluding hydrogens is 243 g/mol. The highest BCUT2D eigenvalue weighted by atomic mass is 19.4. The second kappa shape index (κ2) is 5.33. The Hall–Kier alpha value is -1.00. The van der Waals surface area contributed by atoms with E-state index in [4.69, 9.17) is 4.74 Å². The van der Waals surface area contributed by atoms with Gasteiger partial charge in [-0.15, -0.1) is 0 Å². The summed E-state index contributed by atoms with van der Waals surface area (Å²) < 4.78 is 43.8. The molecule has 0 saturated heterocycles. The van der Waals surface area contributed by atoms with E-state index in [1.807, 2.05) is 20.8 Å². The lowest BCUT2D eigenvalue weighted by molar-refractivity contribution is -0.207. The lowest BCUT2D eigenvalue weighted by atomic mass is 9.84. The van der Waals surface area contributed by atoms with Gasteiger partial charge in [0.2, 0.25) is 0 Å². The first-order chi connectivity index (χ1) is 7.87. The first-order valence-electron chi connectivity index (χ1n) is 5.68. The number of hydrogen-bond donors (Lipinski definition) is 0. The summed E-state index contributed by atoms with van der Waals surface area (Å²) >= 11 is 0. The molecule has 18 heavy (non-hydrogen) atoms. The van der Waals surface area contributed by atoms with E-state index in [1.165, 1.54) is 13.2 Å². The van der Waals surface area contributed by atoms with Crippen LogP contribution < -0.4 is 0 Å². The van der Waals surface area contributed by atoms with Gasteiger partial charge in [-0.3, -0.25) is 4.99 Å². The summed E-state index contributed by atoms with van der Waals surface area (Å²) in [5.41, 5.74) is -1.81.